The molecular weight excluding hydrogens is 202 g/mol. The maximum atomic E-state index is 9.11. The Labute approximate surface area is 97.1 Å². The zero-order chi connectivity index (χ0) is 11.8. The fraction of sp³-hybridized carbons (Fsp3) is 0.538. The Balaban J connectivity index is 2.21. The van der Waals surface area contributed by atoms with Crippen molar-refractivity contribution in [1.29, 1.82) is 0 Å². The summed E-state index contributed by atoms with van der Waals surface area (Å²) in [6.07, 6.45) is 1.37. The monoisotopic (exact) mass is 223 g/mol. The van der Waals surface area contributed by atoms with Crippen LogP contribution in [0, 0.1) is 0 Å². The molecule has 1 atom stereocenters. The second-order valence-electron chi connectivity index (χ2n) is 3.96. The number of aryl methyl sites for hydroxylation is 1. The SMILES string of the molecule is CCc1ccc(CCNCC(O)CO)cc1. The molecule has 3 heteroatoms. The molecule has 0 amide bonds. The van der Waals surface area contributed by atoms with Gasteiger partial charge < -0.3 is 15.5 Å². The van der Waals surface area contributed by atoms with Crippen LogP contribution in [0.25, 0.3) is 0 Å². The highest BCUT2D eigenvalue weighted by Gasteiger charge is 2.00. The van der Waals surface area contributed by atoms with Crippen LogP contribution in [0.4, 0.5) is 0 Å². The van der Waals surface area contributed by atoms with E-state index < -0.39 is 6.10 Å². The molecule has 0 heterocycles. The Hall–Kier alpha value is -0.900. The first-order valence-electron chi connectivity index (χ1n) is 5.83. The normalized spacial score (nSPS) is 12.7. The molecule has 0 fully saturated rings. The van der Waals surface area contributed by atoms with E-state index in [2.05, 4.69) is 36.5 Å². The number of aliphatic hydroxyl groups is 2. The number of hydrogen-bond donors (Lipinski definition) is 3. The number of nitrogens with one attached hydrogen (secondary N) is 1. The fourth-order valence-corrected chi connectivity index (χ4v) is 1.51. The van der Waals surface area contributed by atoms with E-state index in [-0.39, 0.29) is 6.61 Å². The molecule has 16 heavy (non-hydrogen) atoms. The van der Waals surface area contributed by atoms with E-state index in [0.717, 1.165) is 19.4 Å². The maximum absolute atomic E-state index is 9.11. The first-order valence-corrected chi connectivity index (χ1v) is 5.83. The molecule has 1 aromatic carbocycles. The molecule has 1 aromatic rings. The van der Waals surface area contributed by atoms with Crippen LogP contribution < -0.4 is 5.32 Å². The summed E-state index contributed by atoms with van der Waals surface area (Å²) in [4.78, 5) is 0. The smallest absolute Gasteiger partial charge is 0.0894 e. The molecule has 0 saturated heterocycles. The molecule has 90 valence electrons. The van der Waals surface area contributed by atoms with Gasteiger partial charge in [-0.25, -0.2) is 0 Å². The van der Waals surface area contributed by atoms with Gasteiger partial charge in [0.25, 0.3) is 0 Å². The van der Waals surface area contributed by atoms with Crippen LogP contribution in [0.3, 0.4) is 0 Å². The van der Waals surface area contributed by atoms with E-state index in [1.54, 1.807) is 0 Å². The lowest BCUT2D eigenvalue weighted by molar-refractivity contribution is 0.0947. The second-order valence-corrected chi connectivity index (χ2v) is 3.96. The molecule has 0 aromatic heterocycles. The second kappa shape index (κ2) is 7.39. The molecular formula is C13H21NO2. The summed E-state index contributed by atoms with van der Waals surface area (Å²) in [5.41, 5.74) is 2.65. The van der Waals surface area contributed by atoms with Crippen molar-refractivity contribution in [3.63, 3.8) is 0 Å². The number of rotatable bonds is 7. The van der Waals surface area contributed by atoms with Crippen LogP contribution in [0.5, 0.6) is 0 Å². The Bertz CT molecular complexity index is 284. The third-order valence-corrected chi connectivity index (χ3v) is 2.61. The topological polar surface area (TPSA) is 52.5 Å². The van der Waals surface area contributed by atoms with Crippen molar-refractivity contribution >= 4 is 0 Å². The molecule has 0 radical (unpaired) electrons. The average Bonchev–Trinajstić information content (AvgIpc) is 2.35. The first-order chi connectivity index (χ1) is 7.76. The lowest BCUT2D eigenvalue weighted by Crippen LogP contribution is -2.30. The van der Waals surface area contributed by atoms with Gasteiger partial charge in [0.05, 0.1) is 12.7 Å². The third-order valence-electron chi connectivity index (χ3n) is 2.61. The van der Waals surface area contributed by atoms with Crippen LogP contribution in [0.15, 0.2) is 24.3 Å². The molecule has 0 aliphatic carbocycles. The van der Waals surface area contributed by atoms with E-state index in [9.17, 15) is 0 Å². The summed E-state index contributed by atoms with van der Waals surface area (Å²) >= 11 is 0. The Morgan fingerprint density at radius 1 is 1.19 bits per heavy atom. The molecule has 3 nitrogen and oxygen atoms in total. The van der Waals surface area contributed by atoms with Crippen molar-refractivity contribution < 1.29 is 10.2 Å². The quantitative estimate of drug-likeness (QED) is 0.597. The van der Waals surface area contributed by atoms with Gasteiger partial charge in [-0.3, -0.25) is 0 Å². The van der Waals surface area contributed by atoms with Crippen molar-refractivity contribution in [2.75, 3.05) is 19.7 Å². The highest BCUT2D eigenvalue weighted by molar-refractivity contribution is 5.22. The lowest BCUT2D eigenvalue weighted by Gasteiger charge is -2.08. The maximum Gasteiger partial charge on any atom is 0.0894 e. The van der Waals surface area contributed by atoms with Gasteiger partial charge in [0.2, 0.25) is 0 Å². The summed E-state index contributed by atoms with van der Waals surface area (Å²) < 4.78 is 0. The average molecular weight is 223 g/mol. The molecule has 0 aliphatic heterocycles. The van der Waals surface area contributed by atoms with Gasteiger partial charge in [0.1, 0.15) is 0 Å². The predicted octanol–water partition coefficient (Wildman–Crippen LogP) is 0.734. The predicted molar refractivity (Wildman–Crippen MR) is 65.5 cm³/mol. The number of benzene rings is 1. The minimum atomic E-state index is -0.650. The summed E-state index contributed by atoms with van der Waals surface area (Å²) in [5, 5.41) is 20.8. The van der Waals surface area contributed by atoms with Gasteiger partial charge in [-0.2, -0.15) is 0 Å². The molecule has 1 rings (SSSR count). The summed E-state index contributed by atoms with van der Waals surface area (Å²) in [7, 11) is 0. The van der Waals surface area contributed by atoms with E-state index in [1.165, 1.54) is 11.1 Å². The number of aliphatic hydroxyl groups excluding tert-OH is 2. The summed E-state index contributed by atoms with van der Waals surface area (Å²) in [5.74, 6) is 0. The first kappa shape index (κ1) is 13.2. The van der Waals surface area contributed by atoms with E-state index >= 15 is 0 Å². The highest BCUT2D eigenvalue weighted by Crippen LogP contribution is 2.05. The van der Waals surface area contributed by atoms with Gasteiger partial charge in [0.15, 0.2) is 0 Å². The Kier molecular flexibility index (Phi) is 6.08. The van der Waals surface area contributed by atoms with Crippen molar-refractivity contribution in [1.82, 2.24) is 5.32 Å². The molecule has 0 saturated carbocycles. The largest absolute Gasteiger partial charge is 0.394 e. The van der Waals surface area contributed by atoms with E-state index in [1.807, 2.05) is 0 Å². The minimum absolute atomic E-state index is 0.182. The number of hydrogen-bond acceptors (Lipinski definition) is 3. The minimum Gasteiger partial charge on any atom is -0.394 e. The van der Waals surface area contributed by atoms with Crippen LogP contribution in [-0.4, -0.2) is 36.0 Å². The highest BCUT2D eigenvalue weighted by atomic mass is 16.3. The molecule has 0 bridgehead atoms. The van der Waals surface area contributed by atoms with Gasteiger partial charge in [0, 0.05) is 6.54 Å². The van der Waals surface area contributed by atoms with Crippen molar-refractivity contribution in [3.05, 3.63) is 35.4 Å². The standard InChI is InChI=1S/C13H21NO2/c1-2-11-3-5-12(6-4-11)7-8-14-9-13(16)10-15/h3-6,13-16H,2,7-10H2,1H3. The zero-order valence-corrected chi connectivity index (χ0v) is 9.82. The summed E-state index contributed by atoms with van der Waals surface area (Å²) in [6, 6.07) is 8.59. The summed E-state index contributed by atoms with van der Waals surface area (Å²) in [6.45, 7) is 3.23. The van der Waals surface area contributed by atoms with Crippen molar-refractivity contribution in [2.45, 2.75) is 25.9 Å². The van der Waals surface area contributed by atoms with Crippen LogP contribution in [0.2, 0.25) is 0 Å². The fourth-order valence-electron chi connectivity index (χ4n) is 1.51. The van der Waals surface area contributed by atoms with Gasteiger partial charge >= 0.3 is 0 Å². The molecule has 1 unspecified atom stereocenters. The van der Waals surface area contributed by atoms with E-state index in [0.29, 0.717) is 6.54 Å². The molecule has 0 spiro atoms. The van der Waals surface area contributed by atoms with Crippen molar-refractivity contribution in [3.8, 4) is 0 Å². The van der Waals surface area contributed by atoms with Crippen molar-refractivity contribution in [2.24, 2.45) is 0 Å². The Morgan fingerprint density at radius 3 is 2.38 bits per heavy atom. The third kappa shape index (κ3) is 4.75. The van der Waals surface area contributed by atoms with Crippen LogP contribution >= 0.6 is 0 Å². The molecule has 0 aliphatic rings. The lowest BCUT2D eigenvalue weighted by atomic mass is 10.1. The zero-order valence-electron chi connectivity index (χ0n) is 9.82. The van der Waals surface area contributed by atoms with Gasteiger partial charge in [-0.1, -0.05) is 31.2 Å². The Morgan fingerprint density at radius 2 is 1.81 bits per heavy atom. The van der Waals surface area contributed by atoms with Crippen LogP contribution in [-0.2, 0) is 12.8 Å². The van der Waals surface area contributed by atoms with Crippen LogP contribution in [0.1, 0.15) is 18.1 Å². The van der Waals surface area contributed by atoms with Gasteiger partial charge in [-0.15, -0.1) is 0 Å². The molecule has 3 N–H and O–H groups in total. The van der Waals surface area contributed by atoms with E-state index in [4.69, 9.17) is 10.2 Å². The van der Waals surface area contributed by atoms with Gasteiger partial charge in [-0.05, 0) is 30.5 Å².